The fourth-order valence-electron chi connectivity index (χ4n) is 3.68. The molecule has 20 heavy (non-hydrogen) atoms. The van der Waals surface area contributed by atoms with Crippen molar-refractivity contribution >= 4 is 10.9 Å². The van der Waals surface area contributed by atoms with E-state index < -0.39 is 0 Å². The lowest BCUT2D eigenvalue weighted by Gasteiger charge is -2.42. The molecule has 2 nitrogen and oxygen atoms in total. The molecule has 1 saturated carbocycles. The Morgan fingerprint density at radius 2 is 2.00 bits per heavy atom. The minimum absolute atomic E-state index is 0.0677. The van der Waals surface area contributed by atoms with Crippen LogP contribution < -0.4 is 5.73 Å². The zero-order chi connectivity index (χ0) is 14.2. The smallest absolute Gasteiger partial charge is 0.0704 e. The van der Waals surface area contributed by atoms with Crippen molar-refractivity contribution in [1.29, 1.82) is 0 Å². The van der Waals surface area contributed by atoms with E-state index in [4.69, 9.17) is 5.73 Å². The van der Waals surface area contributed by atoms with Crippen LogP contribution in [0.4, 0.5) is 0 Å². The van der Waals surface area contributed by atoms with Crippen molar-refractivity contribution in [3.63, 3.8) is 0 Å². The molecular formula is C18H24N2. The molecule has 106 valence electrons. The second kappa shape index (κ2) is 5.17. The molecule has 0 radical (unpaired) electrons. The summed E-state index contributed by atoms with van der Waals surface area (Å²) in [6.45, 7) is 4.65. The highest BCUT2D eigenvalue weighted by Gasteiger charge is 2.37. The maximum Gasteiger partial charge on any atom is 0.0704 e. The molecule has 0 spiro atoms. The number of hydrogen-bond acceptors (Lipinski definition) is 2. The van der Waals surface area contributed by atoms with Crippen LogP contribution in [0.25, 0.3) is 10.9 Å². The van der Waals surface area contributed by atoms with Crippen LogP contribution >= 0.6 is 0 Å². The quantitative estimate of drug-likeness (QED) is 0.896. The SMILES string of the molecule is CC1CCC(C)C(N)(Cc2ccnc3ccccc23)C1. The summed E-state index contributed by atoms with van der Waals surface area (Å²) in [7, 11) is 0. The van der Waals surface area contributed by atoms with E-state index in [1.807, 2.05) is 12.3 Å². The average molecular weight is 268 g/mol. The fourth-order valence-corrected chi connectivity index (χ4v) is 3.68. The van der Waals surface area contributed by atoms with Gasteiger partial charge in [0.15, 0.2) is 0 Å². The standard InChI is InChI=1S/C18H24N2/c1-13-7-8-14(2)18(19,11-13)12-15-9-10-20-17-6-4-3-5-16(15)17/h3-6,9-10,13-14H,7-8,11-12,19H2,1-2H3. The highest BCUT2D eigenvalue weighted by atomic mass is 14.8. The third kappa shape index (κ3) is 2.45. The molecule has 3 rings (SSSR count). The first-order chi connectivity index (χ1) is 9.58. The number of benzene rings is 1. The molecule has 0 aliphatic heterocycles. The van der Waals surface area contributed by atoms with E-state index in [0.29, 0.717) is 5.92 Å². The molecule has 1 aliphatic carbocycles. The Bertz CT molecular complexity index is 602. The lowest BCUT2D eigenvalue weighted by molar-refractivity contribution is 0.161. The molecule has 0 bridgehead atoms. The van der Waals surface area contributed by atoms with Gasteiger partial charge in [-0.15, -0.1) is 0 Å². The molecule has 1 aromatic carbocycles. The third-order valence-electron chi connectivity index (χ3n) is 5.06. The maximum absolute atomic E-state index is 6.80. The number of hydrogen-bond donors (Lipinski definition) is 1. The summed E-state index contributed by atoms with van der Waals surface area (Å²) < 4.78 is 0. The molecule has 2 N–H and O–H groups in total. The number of nitrogens with two attached hydrogens (primary N) is 1. The van der Waals surface area contributed by atoms with Gasteiger partial charge in [-0.05, 0) is 48.8 Å². The molecule has 1 fully saturated rings. The van der Waals surface area contributed by atoms with Crippen LogP contribution in [0.1, 0.15) is 38.7 Å². The van der Waals surface area contributed by atoms with Crippen LogP contribution in [-0.4, -0.2) is 10.5 Å². The number of aromatic nitrogens is 1. The van der Waals surface area contributed by atoms with E-state index in [2.05, 4.69) is 43.1 Å². The second-order valence-corrected chi connectivity index (χ2v) is 6.68. The zero-order valence-electron chi connectivity index (χ0n) is 12.5. The van der Waals surface area contributed by atoms with Gasteiger partial charge in [0.2, 0.25) is 0 Å². The number of nitrogens with zero attached hydrogens (tertiary/aromatic N) is 1. The van der Waals surface area contributed by atoms with Crippen LogP contribution in [-0.2, 0) is 6.42 Å². The van der Waals surface area contributed by atoms with Gasteiger partial charge < -0.3 is 5.73 Å². The van der Waals surface area contributed by atoms with E-state index >= 15 is 0 Å². The first kappa shape index (κ1) is 13.6. The van der Waals surface area contributed by atoms with E-state index in [1.165, 1.54) is 23.8 Å². The Hall–Kier alpha value is -1.41. The van der Waals surface area contributed by atoms with Crippen LogP contribution in [0.3, 0.4) is 0 Å². The molecule has 0 amide bonds. The molecule has 1 heterocycles. The summed E-state index contributed by atoms with van der Waals surface area (Å²) in [5, 5.41) is 1.25. The predicted octanol–water partition coefficient (Wildman–Crippen LogP) is 3.93. The first-order valence-electron chi connectivity index (χ1n) is 7.70. The molecule has 1 aliphatic rings. The van der Waals surface area contributed by atoms with Crippen LogP contribution in [0.15, 0.2) is 36.5 Å². The minimum atomic E-state index is -0.0677. The van der Waals surface area contributed by atoms with Crippen molar-refractivity contribution in [3.05, 3.63) is 42.1 Å². The number of pyridine rings is 1. The van der Waals surface area contributed by atoms with Crippen LogP contribution in [0.5, 0.6) is 0 Å². The summed E-state index contributed by atoms with van der Waals surface area (Å²) in [6, 6.07) is 10.5. The van der Waals surface area contributed by atoms with Gasteiger partial charge in [0, 0.05) is 17.1 Å². The first-order valence-corrected chi connectivity index (χ1v) is 7.70. The Morgan fingerprint density at radius 1 is 1.20 bits per heavy atom. The Balaban J connectivity index is 1.96. The van der Waals surface area contributed by atoms with Gasteiger partial charge in [-0.1, -0.05) is 38.5 Å². The normalized spacial score (nSPS) is 30.6. The van der Waals surface area contributed by atoms with Gasteiger partial charge in [-0.25, -0.2) is 0 Å². The summed E-state index contributed by atoms with van der Waals surface area (Å²) in [4.78, 5) is 4.45. The van der Waals surface area contributed by atoms with E-state index in [9.17, 15) is 0 Å². The van der Waals surface area contributed by atoms with Crippen molar-refractivity contribution in [1.82, 2.24) is 4.98 Å². The van der Waals surface area contributed by atoms with Crippen molar-refractivity contribution in [2.24, 2.45) is 17.6 Å². The zero-order valence-corrected chi connectivity index (χ0v) is 12.5. The maximum atomic E-state index is 6.80. The van der Waals surface area contributed by atoms with Gasteiger partial charge in [0.05, 0.1) is 5.52 Å². The van der Waals surface area contributed by atoms with E-state index in [-0.39, 0.29) is 5.54 Å². The predicted molar refractivity (Wildman–Crippen MR) is 84.5 cm³/mol. The van der Waals surface area contributed by atoms with Crippen LogP contribution in [0, 0.1) is 11.8 Å². The Morgan fingerprint density at radius 3 is 2.85 bits per heavy atom. The molecule has 0 saturated heterocycles. The van der Waals surface area contributed by atoms with Crippen LogP contribution in [0.2, 0.25) is 0 Å². The Labute approximate surface area is 121 Å². The topological polar surface area (TPSA) is 38.9 Å². The number of rotatable bonds is 2. The molecule has 3 unspecified atom stereocenters. The summed E-state index contributed by atoms with van der Waals surface area (Å²) in [6.07, 6.45) is 6.57. The summed E-state index contributed by atoms with van der Waals surface area (Å²) in [5.41, 5.74) is 9.15. The molecule has 1 aromatic heterocycles. The lowest BCUT2D eigenvalue weighted by atomic mass is 9.67. The monoisotopic (exact) mass is 268 g/mol. The summed E-state index contributed by atoms with van der Waals surface area (Å²) in [5.74, 6) is 1.33. The molecule has 2 aromatic rings. The fraction of sp³-hybridized carbons (Fsp3) is 0.500. The van der Waals surface area contributed by atoms with Crippen molar-refractivity contribution in [2.75, 3.05) is 0 Å². The highest BCUT2D eigenvalue weighted by Crippen LogP contribution is 2.38. The van der Waals surface area contributed by atoms with Gasteiger partial charge in [0.25, 0.3) is 0 Å². The van der Waals surface area contributed by atoms with Gasteiger partial charge in [-0.3, -0.25) is 4.98 Å². The number of para-hydroxylation sites is 1. The third-order valence-corrected chi connectivity index (χ3v) is 5.06. The molecular weight excluding hydrogens is 244 g/mol. The van der Waals surface area contributed by atoms with Gasteiger partial charge in [0.1, 0.15) is 0 Å². The van der Waals surface area contributed by atoms with E-state index in [0.717, 1.165) is 24.3 Å². The molecule has 3 atom stereocenters. The van der Waals surface area contributed by atoms with Gasteiger partial charge in [-0.2, -0.15) is 0 Å². The van der Waals surface area contributed by atoms with Crippen molar-refractivity contribution in [2.45, 2.75) is 45.1 Å². The van der Waals surface area contributed by atoms with Crippen molar-refractivity contribution in [3.8, 4) is 0 Å². The van der Waals surface area contributed by atoms with Crippen molar-refractivity contribution < 1.29 is 0 Å². The Kier molecular flexibility index (Phi) is 3.51. The largest absolute Gasteiger partial charge is 0.325 e. The second-order valence-electron chi connectivity index (χ2n) is 6.68. The van der Waals surface area contributed by atoms with E-state index in [1.54, 1.807) is 0 Å². The highest BCUT2D eigenvalue weighted by molar-refractivity contribution is 5.81. The molecule has 2 heteroatoms. The number of fused-ring (bicyclic) bond motifs is 1. The summed E-state index contributed by atoms with van der Waals surface area (Å²) >= 11 is 0. The minimum Gasteiger partial charge on any atom is -0.325 e. The average Bonchev–Trinajstić information content (AvgIpc) is 2.44. The lowest BCUT2D eigenvalue weighted by Crippen LogP contribution is -2.51. The van der Waals surface area contributed by atoms with Gasteiger partial charge >= 0.3 is 0 Å².